The van der Waals surface area contributed by atoms with Crippen LogP contribution in [0, 0.1) is 111 Å². The number of benzene rings is 2. The van der Waals surface area contributed by atoms with Crippen molar-refractivity contribution in [3.63, 3.8) is 0 Å². The summed E-state index contributed by atoms with van der Waals surface area (Å²) in [5.41, 5.74) is 22.9. The number of H-pyrrole nitrogens is 3. The van der Waals surface area contributed by atoms with Crippen molar-refractivity contribution in [2.75, 3.05) is 6.54 Å². The number of aromatic amines is 3. The van der Waals surface area contributed by atoms with E-state index in [1.54, 1.807) is 43.6 Å². The Morgan fingerprint density at radius 3 is 1.23 bits per heavy atom. The smallest absolute Gasteiger partial charge is 0.226 e. The lowest BCUT2D eigenvalue weighted by atomic mass is 9.83. The number of nitrogens with two attached hydrogens (primary N) is 1. The average Bonchev–Trinajstić information content (AvgIpc) is 1.46. The second-order valence-corrected chi connectivity index (χ2v) is 27.7. The maximum atomic E-state index is 12.7. The van der Waals surface area contributed by atoms with Crippen molar-refractivity contribution in [2.24, 2.45) is 5.73 Å². The Hall–Kier alpha value is -8.20. The minimum atomic E-state index is -0.699. The summed E-state index contributed by atoms with van der Waals surface area (Å²) >= 11 is 8.04. The zero-order valence-corrected chi connectivity index (χ0v) is 64.7. The first kappa shape index (κ1) is 87.0. The Balaban J connectivity index is 0.000000407. The van der Waals surface area contributed by atoms with Crippen molar-refractivity contribution >= 4 is 138 Å². The highest BCUT2D eigenvalue weighted by molar-refractivity contribution is 14.1. The van der Waals surface area contributed by atoms with Crippen LogP contribution in [0.4, 0.5) is 22.0 Å². The summed E-state index contributed by atoms with van der Waals surface area (Å²) in [5, 5.41) is 33.2. The molecule has 101 heavy (non-hydrogen) atoms. The highest BCUT2D eigenvalue weighted by Crippen LogP contribution is 2.35. The van der Waals surface area contributed by atoms with E-state index < -0.39 is 23.3 Å². The normalized spacial score (nSPS) is 10.3. The first-order chi connectivity index (χ1) is 46.5. The third-order valence-electron chi connectivity index (χ3n) is 14.4. The Morgan fingerprint density at radius 1 is 0.475 bits per heavy atom. The topological polar surface area (TPSA) is 256 Å². The molecule has 13 rings (SSSR count). The number of halogens is 9. The molecule has 0 aliphatic heterocycles. The van der Waals surface area contributed by atoms with Crippen LogP contribution in [-0.2, 0) is 10.8 Å². The number of nitriles is 1. The van der Waals surface area contributed by atoms with E-state index in [0.29, 0.717) is 23.5 Å². The molecule has 0 spiro atoms. The van der Waals surface area contributed by atoms with Gasteiger partial charge in [0.15, 0.2) is 23.2 Å². The molecule has 17 nitrogen and oxygen atoms in total. The zero-order chi connectivity index (χ0) is 72.0. The SMILES string of the molecule is C.C.Cc1ccc(F)nc1.Cc1ccc(F)nc1.Cc1cnc(F)c(C=O)c1I.Cc1cnc(F)c(I)c1.Cc1cnc(F)c(I)c1.Cc1cnc2[nH]ncc2c1-c1cccc(C(C)(C)C#N)c1.Cc1cnc2[nH]ncc2c1-c1cccc(C(C)(C)CN)c1.Cc1cnc2[nH]ncc2c1I.[2HH].[B]. The molecule has 527 valence electrons. The van der Waals surface area contributed by atoms with Gasteiger partial charge in [0.2, 0.25) is 29.7 Å². The lowest BCUT2D eigenvalue weighted by Gasteiger charge is -2.24. The lowest BCUT2D eigenvalue weighted by Crippen LogP contribution is -2.27. The van der Waals surface area contributed by atoms with Crippen LogP contribution in [0.1, 0.15) is 110 Å². The average molecular weight is 1820 g/mol. The summed E-state index contributed by atoms with van der Waals surface area (Å²) in [5.74, 6) is -2.32. The summed E-state index contributed by atoms with van der Waals surface area (Å²) in [4.78, 5) is 40.5. The summed E-state index contributed by atoms with van der Waals surface area (Å²) < 4.78 is 64.4. The van der Waals surface area contributed by atoms with Gasteiger partial charge in [0, 0.05) is 89.3 Å². The van der Waals surface area contributed by atoms with Crippen molar-refractivity contribution in [1.82, 2.24) is 70.5 Å². The third kappa shape index (κ3) is 25.1. The molecule has 11 aromatic heterocycles. The molecule has 13 aromatic rings. The van der Waals surface area contributed by atoms with Crippen LogP contribution in [-0.4, -0.2) is 91.7 Å². The van der Waals surface area contributed by atoms with E-state index in [4.69, 9.17) is 5.73 Å². The number of hydrogen-bond acceptors (Lipinski definition) is 14. The molecular weight excluding hydrogens is 1740 g/mol. The third-order valence-corrected chi connectivity index (χ3v) is 18.8. The highest BCUT2D eigenvalue weighted by atomic mass is 127. The fourth-order valence-corrected chi connectivity index (χ4v) is 11.0. The lowest BCUT2D eigenvalue weighted by molar-refractivity contribution is 0.111. The van der Waals surface area contributed by atoms with Gasteiger partial charge in [-0.2, -0.15) is 42.5 Å². The number of carbonyl (C=O) groups is 1. The number of pyridine rings is 8. The van der Waals surface area contributed by atoms with Crippen LogP contribution in [0.5, 0.6) is 0 Å². The van der Waals surface area contributed by atoms with Gasteiger partial charge in [-0.15, -0.1) is 0 Å². The number of aromatic nitrogens is 14. The molecule has 0 aliphatic carbocycles. The van der Waals surface area contributed by atoms with Crippen molar-refractivity contribution < 1.29 is 28.2 Å². The second-order valence-electron chi connectivity index (χ2n) is 23.2. The largest absolute Gasteiger partial charge is 0.330 e. The molecule has 27 heteroatoms. The van der Waals surface area contributed by atoms with Gasteiger partial charge in [0.1, 0.15) is 0 Å². The van der Waals surface area contributed by atoms with Crippen LogP contribution in [0.2, 0.25) is 0 Å². The summed E-state index contributed by atoms with van der Waals surface area (Å²) in [6.07, 6.45) is 18.9. The van der Waals surface area contributed by atoms with Gasteiger partial charge in [-0.3, -0.25) is 20.1 Å². The van der Waals surface area contributed by atoms with E-state index in [2.05, 4.69) is 156 Å². The Bertz CT molecular complexity index is 4730. The van der Waals surface area contributed by atoms with Gasteiger partial charge < -0.3 is 5.73 Å². The number of carbonyl (C=O) groups excluding carboxylic acids is 1. The van der Waals surface area contributed by atoms with E-state index in [-0.39, 0.29) is 47.6 Å². The monoisotopic (exact) mass is 1820 g/mol. The molecule has 0 fully saturated rings. The van der Waals surface area contributed by atoms with E-state index >= 15 is 0 Å². The first-order valence-corrected chi connectivity index (χ1v) is 34.1. The van der Waals surface area contributed by atoms with Crippen molar-refractivity contribution in [3.8, 4) is 28.3 Å². The molecule has 2 aromatic carbocycles. The maximum absolute atomic E-state index is 12.7. The highest BCUT2D eigenvalue weighted by Gasteiger charge is 2.22. The number of rotatable bonds is 6. The van der Waals surface area contributed by atoms with Crippen molar-refractivity contribution in [2.45, 2.75) is 109 Å². The van der Waals surface area contributed by atoms with Crippen LogP contribution in [0.3, 0.4) is 0 Å². The quantitative estimate of drug-likeness (QED) is 0.0397. The fraction of sp³-hybridized carbons (Fsp3) is 0.230. The Morgan fingerprint density at radius 2 is 0.851 bits per heavy atom. The standard InChI is InChI=1S/C17H20N4.C17H16N4.C7H5FINO.C7H6IN3.2C6H5FIN.2C6H6FN.2CH4.B.H2/c2*1-11-8-19-16-14(9-20-21-16)15(11)12-5-4-6-13(7-12)17(2,3)10-18;1-4-2-10-7(8)5(3-11)6(4)9;1-4-2-9-7-5(6(4)8)3-10-11-7;2*1-4-2-5(8)6(7)9-3-4;2*1-5-2-3-6(7)8-4-5;;;;/h4-9H,10,18H2,1-3H3,(H,19,20,21);4-9H,1-3H3,(H,19,20,21);2-3H,1H3;2-3H,1H3,(H,9,10,11);2*2-3H,1H3;2*2-4H,1H3;2*1H4;;1H/i;;;;;;;;;;;1+1. The number of aryl methyl sites for hydroxylation is 8. The van der Waals surface area contributed by atoms with Gasteiger partial charge in [-0.1, -0.05) is 83.3 Å². The van der Waals surface area contributed by atoms with Gasteiger partial charge in [0.25, 0.3) is 0 Å². The molecule has 5 N–H and O–H groups in total. The molecular formula is C74H79BF5I4N16O. The van der Waals surface area contributed by atoms with Crippen molar-refractivity contribution in [3.05, 3.63) is 258 Å². The van der Waals surface area contributed by atoms with Gasteiger partial charge in [-0.25, -0.2) is 39.9 Å². The summed E-state index contributed by atoms with van der Waals surface area (Å²) in [6, 6.07) is 28.6. The van der Waals surface area contributed by atoms with Crippen LogP contribution in [0.25, 0.3) is 55.4 Å². The number of aldehydes is 1. The summed E-state index contributed by atoms with van der Waals surface area (Å²) in [6.45, 7) is 24.2. The van der Waals surface area contributed by atoms with E-state index in [1.807, 2.05) is 160 Å². The van der Waals surface area contributed by atoms with Gasteiger partial charge in [0.05, 0.1) is 48.2 Å². The number of nitrogens with zero attached hydrogens (tertiary/aromatic N) is 12. The van der Waals surface area contributed by atoms with Gasteiger partial charge in [-0.05, 0) is 268 Å². The molecule has 0 saturated heterocycles. The van der Waals surface area contributed by atoms with Crippen molar-refractivity contribution in [1.29, 1.82) is 5.26 Å². The molecule has 0 amide bonds. The summed E-state index contributed by atoms with van der Waals surface area (Å²) in [7, 11) is 0. The molecule has 0 atom stereocenters. The van der Waals surface area contributed by atoms with Crippen LogP contribution >= 0.6 is 90.4 Å². The minimum Gasteiger partial charge on any atom is -0.330 e. The second kappa shape index (κ2) is 41.0. The predicted octanol–water partition coefficient (Wildman–Crippen LogP) is 19.2. The molecule has 0 aliphatic rings. The number of fused-ring (bicyclic) bond motifs is 3. The maximum Gasteiger partial charge on any atom is 0.226 e. The van der Waals surface area contributed by atoms with E-state index in [1.165, 1.54) is 68.9 Å². The predicted molar refractivity (Wildman–Crippen MR) is 430 cm³/mol. The van der Waals surface area contributed by atoms with Crippen LogP contribution < -0.4 is 5.73 Å². The first-order valence-electron chi connectivity index (χ1n) is 29.8. The van der Waals surface area contributed by atoms with E-state index in [0.717, 1.165) is 88.7 Å². The minimum absolute atomic E-state index is 0. The zero-order valence-electron chi connectivity index (χ0n) is 56.0. The number of hydrogen-bond donors (Lipinski definition) is 4. The van der Waals surface area contributed by atoms with Gasteiger partial charge >= 0.3 is 0 Å². The molecule has 11 heterocycles. The fourth-order valence-electron chi connectivity index (χ4n) is 8.69. The van der Waals surface area contributed by atoms with E-state index in [9.17, 15) is 32.0 Å². The molecule has 0 unspecified atom stereocenters. The number of nitrogens with one attached hydrogen (secondary N) is 3. The molecule has 0 saturated carbocycles. The van der Waals surface area contributed by atoms with Crippen LogP contribution in [0.15, 0.2) is 153 Å². The molecule has 3 radical (unpaired) electrons. The Kier molecular flexibility index (Phi) is 35.4. The molecule has 0 bridgehead atoms. The Labute approximate surface area is 644 Å².